The van der Waals surface area contributed by atoms with Crippen LogP contribution in [-0.4, -0.2) is 5.78 Å². The van der Waals surface area contributed by atoms with Crippen LogP contribution in [0.5, 0.6) is 0 Å². The van der Waals surface area contributed by atoms with Crippen molar-refractivity contribution in [3.63, 3.8) is 0 Å². The number of carbonyl (C=O) groups is 1. The molecule has 1 heterocycles. The van der Waals surface area contributed by atoms with Gasteiger partial charge in [-0.1, -0.05) is 25.5 Å². The average molecular weight is 272 g/mol. The third-order valence-corrected chi connectivity index (χ3v) is 5.50. The highest BCUT2D eigenvalue weighted by atomic mass is 32.1. The fourth-order valence-electron chi connectivity index (χ4n) is 3.24. The zero-order chi connectivity index (χ0) is 13.2. The quantitative estimate of drug-likeness (QED) is 0.693. The normalized spacial score (nSPS) is 23.6. The summed E-state index contributed by atoms with van der Waals surface area (Å²) in [7, 11) is 0. The second kappa shape index (κ2) is 5.46. The van der Waals surface area contributed by atoms with Crippen molar-refractivity contribution in [2.45, 2.75) is 39.0 Å². The number of thiophene rings is 1. The van der Waals surface area contributed by atoms with Gasteiger partial charge in [0.15, 0.2) is 5.78 Å². The van der Waals surface area contributed by atoms with Gasteiger partial charge in [0.2, 0.25) is 0 Å². The predicted octanol–water partition coefficient (Wildman–Crippen LogP) is 5.30. The Balaban J connectivity index is 1.82. The third-order valence-electron chi connectivity index (χ3n) is 4.54. The van der Waals surface area contributed by atoms with Gasteiger partial charge < -0.3 is 0 Å². The van der Waals surface area contributed by atoms with E-state index in [0.717, 1.165) is 24.3 Å². The van der Waals surface area contributed by atoms with Crippen LogP contribution in [0.25, 0.3) is 10.1 Å². The molecule has 2 aromatic rings. The molecule has 1 nitrogen and oxygen atoms in total. The molecule has 0 amide bonds. The summed E-state index contributed by atoms with van der Waals surface area (Å²) in [5, 5.41) is 3.29. The number of Topliss-reactive ketones (excluding diaryl/α,β-unsaturated/α-hetero) is 1. The maximum Gasteiger partial charge on any atom is 0.167 e. The summed E-state index contributed by atoms with van der Waals surface area (Å²) in [5.74, 6) is 1.49. The number of carbonyl (C=O) groups excluding carboxylic acids is 1. The van der Waals surface area contributed by atoms with Crippen LogP contribution in [0.2, 0.25) is 0 Å². The number of fused-ring (bicyclic) bond motifs is 1. The van der Waals surface area contributed by atoms with Crippen LogP contribution in [0.3, 0.4) is 0 Å². The summed E-state index contributed by atoms with van der Waals surface area (Å²) in [6.45, 7) is 2.26. The minimum Gasteiger partial charge on any atom is -0.294 e. The van der Waals surface area contributed by atoms with E-state index >= 15 is 0 Å². The van der Waals surface area contributed by atoms with Crippen molar-refractivity contribution in [3.8, 4) is 0 Å². The van der Waals surface area contributed by atoms with Gasteiger partial charge >= 0.3 is 0 Å². The first kappa shape index (κ1) is 12.9. The van der Waals surface area contributed by atoms with Crippen LogP contribution in [0, 0.1) is 11.8 Å². The number of hydrogen-bond acceptors (Lipinski definition) is 2. The molecule has 0 N–H and O–H groups in total. The summed E-state index contributed by atoms with van der Waals surface area (Å²) in [4.78, 5) is 12.7. The highest BCUT2D eigenvalue weighted by Gasteiger charge is 2.27. The Hall–Kier alpha value is -1.15. The molecular weight excluding hydrogens is 252 g/mol. The molecule has 0 aliphatic heterocycles. The number of rotatable bonds is 3. The van der Waals surface area contributed by atoms with E-state index in [1.807, 2.05) is 12.1 Å². The molecule has 1 saturated carbocycles. The summed E-state index contributed by atoms with van der Waals surface area (Å²) in [6.07, 6.45) is 5.89. The molecule has 0 saturated heterocycles. The molecule has 1 aromatic heterocycles. The van der Waals surface area contributed by atoms with Crippen LogP contribution in [-0.2, 0) is 0 Å². The predicted molar refractivity (Wildman–Crippen MR) is 81.9 cm³/mol. The summed E-state index contributed by atoms with van der Waals surface area (Å²) in [6, 6.07) is 8.22. The summed E-state index contributed by atoms with van der Waals surface area (Å²) >= 11 is 1.69. The fourth-order valence-corrected chi connectivity index (χ4v) is 4.16. The highest BCUT2D eigenvalue weighted by Crippen LogP contribution is 2.34. The Morgan fingerprint density at radius 2 is 2.00 bits per heavy atom. The second-order valence-electron chi connectivity index (χ2n) is 5.63. The third kappa shape index (κ3) is 2.46. The topological polar surface area (TPSA) is 17.1 Å². The van der Waals surface area contributed by atoms with Gasteiger partial charge in [-0.15, -0.1) is 11.3 Å². The van der Waals surface area contributed by atoms with Crippen molar-refractivity contribution in [2.24, 2.45) is 11.8 Å². The lowest BCUT2D eigenvalue weighted by atomic mass is 9.78. The number of benzene rings is 1. The molecule has 0 spiro atoms. The zero-order valence-corrected chi connectivity index (χ0v) is 12.2. The van der Waals surface area contributed by atoms with Gasteiger partial charge in [-0.3, -0.25) is 4.79 Å². The largest absolute Gasteiger partial charge is 0.294 e. The molecule has 19 heavy (non-hydrogen) atoms. The maximum absolute atomic E-state index is 12.7. The Labute approximate surface area is 118 Å². The van der Waals surface area contributed by atoms with E-state index in [-0.39, 0.29) is 5.92 Å². The van der Waals surface area contributed by atoms with Crippen LogP contribution >= 0.6 is 11.3 Å². The number of ketones is 1. The molecule has 1 fully saturated rings. The van der Waals surface area contributed by atoms with Gasteiger partial charge in [-0.25, -0.2) is 0 Å². The van der Waals surface area contributed by atoms with Gasteiger partial charge in [0.05, 0.1) is 0 Å². The van der Waals surface area contributed by atoms with Crippen molar-refractivity contribution in [2.75, 3.05) is 0 Å². The molecule has 0 bridgehead atoms. The second-order valence-corrected chi connectivity index (χ2v) is 6.55. The lowest BCUT2D eigenvalue weighted by molar-refractivity contribution is 0.0873. The molecule has 1 aliphatic carbocycles. The zero-order valence-electron chi connectivity index (χ0n) is 11.4. The first-order valence-corrected chi connectivity index (χ1v) is 8.18. The van der Waals surface area contributed by atoms with E-state index < -0.39 is 0 Å². The van der Waals surface area contributed by atoms with E-state index in [9.17, 15) is 4.79 Å². The Kier molecular flexibility index (Phi) is 3.69. The van der Waals surface area contributed by atoms with Crippen molar-refractivity contribution < 1.29 is 4.79 Å². The van der Waals surface area contributed by atoms with E-state index in [1.165, 1.54) is 29.3 Å². The molecular formula is C17H20OS. The van der Waals surface area contributed by atoms with Gasteiger partial charge in [0.1, 0.15) is 0 Å². The standard InChI is InChI=1S/C17H20OS/c1-2-12-6-8-13(9-7-12)16(18)15-5-3-4-14-10-11-19-17(14)15/h3-5,10-13H,2,6-9H2,1H3. The minimum absolute atomic E-state index is 0.260. The lowest BCUT2D eigenvalue weighted by Crippen LogP contribution is -2.21. The maximum atomic E-state index is 12.7. The fraction of sp³-hybridized carbons (Fsp3) is 0.471. The highest BCUT2D eigenvalue weighted by molar-refractivity contribution is 7.17. The van der Waals surface area contributed by atoms with Gasteiger partial charge in [0.25, 0.3) is 0 Å². The van der Waals surface area contributed by atoms with Crippen LogP contribution in [0.1, 0.15) is 49.4 Å². The first-order valence-electron chi connectivity index (χ1n) is 7.30. The first-order chi connectivity index (χ1) is 9.29. The van der Waals surface area contributed by atoms with E-state index in [1.54, 1.807) is 11.3 Å². The molecule has 1 aliphatic rings. The van der Waals surface area contributed by atoms with Crippen molar-refractivity contribution in [3.05, 3.63) is 35.2 Å². The van der Waals surface area contributed by atoms with Gasteiger partial charge in [-0.2, -0.15) is 0 Å². The number of hydrogen-bond donors (Lipinski definition) is 0. The van der Waals surface area contributed by atoms with E-state index in [0.29, 0.717) is 5.78 Å². The molecule has 2 heteroatoms. The summed E-state index contributed by atoms with van der Waals surface area (Å²) < 4.78 is 1.17. The summed E-state index contributed by atoms with van der Waals surface area (Å²) in [5.41, 5.74) is 0.951. The van der Waals surface area contributed by atoms with Crippen LogP contribution in [0.15, 0.2) is 29.6 Å². The smallest absolute Gasteiger partial charge is 0.167 e. The molecule has 100 valence electrons. The molecule has 0 atom stereocenters. The average Bonchev–Trinajstić information content (AvgIpc) is 2.95. The molecule has 0 unspecified atom stereocenters. The van der Waals surface area contributed by atoms with Gasteiger partial charge in [-0.05, 0) is 54.5 Å². The van der Waals surface area contributed by atoms with Crippen LogP contribution in [0.4, 0.5) is 0 Å². The molecule has 0 radical (unpaired) electrons. The van der Waals surface area contributed by atoms with E-state index in [4.69, 9.17) is 0 Å². The van der Waals surface area contributed by atoms with Crippen molar-refractivity contribution in [1.82, 2.24) is 0 Å². The van der Waals surface area contributed by atoms with Crippen molar-refractivity contribution in [1.29, 1.82) is 0 Å². The molecule has 3 rings (SSSR count). The molecule has 1 aromatic carbocycles. The van der Waals surface area contributed by atoms with Gasteiger partial charge in [0, 0.05) is 16.2 Å². The SMILES string of the molecule is CCC1CCC(C(=O)c2cccc3ccsc23)CC1. The Bertz CT molecular complexity index is 576. The Morgan fingerprint density at radius 1 is 1.21 bits per heavy atom. The minimum atomic E-state index is 0.260. The van der Waals surface area contributed by atoms with Crippen LogP contribution < -0.4 is 0 Å². The van der Waals surface area contributed by atoms with E-state index in [2.05, 4.69) is 24.4 Å². The Morgan fingerprint density at radius 3 is 2.74 bits per heavy atom. The monoisotopic (exact) mass is 272 g/mol. The lowest BCUT2D eigenvalue weighted by Gasteiger charge is -2.26. The van der Waals surface area contributed by atoms with Crippen molar-refractivity contribution >= 4 is 27.2 Å².